The summed E-state index contributed by atoms with van der Waals surface area (Å²) in [4.78, 5) is 19.8. The van der Waals surface area contributed by atoms with Crippen LogP contribution in [-0.2, 0) is 0 Å². The van der Waals surface area contributed by atoms with Crippen molar-refractivity contribution in [3.05, 3.63) is 34.1 Å². The van der Waals surface area contributed by atoms with E-state index in [0.717, 1.165) is 6.07 Å². The summed E-state index contributed by atoms with van der Waals surface area (Å²) >= 11 is 0. The molecule has 1 aromatic carbocycles. The van der Waals surface area contributed by atoms with E-state index in [0.29, 0.717) is 0 Å². The Morgan fingerprint density at radius 3 is 1.75 bits per heavy atom. The lowest BCUT2D eigenvalue weighted by molar-refractivity contribution is -0.735. The molecule has 0 atom stereocenters. The van der Waals surface area contributed by atoms with Gasteiger partial charge in [-0.25, -0.2) is 10.4 Å². The molecular formula is C6H6N2O4+2. The fraction of sp³-hybridized carbons (Fsp3) is 0. The molecule has 0 saturated heterocycles. The summed E-state index contributed by atoms with van der Waals surface area (Å²) in [7, 11) is 0. The Balaban J connectivity index is 3.12. The van der Waals surface area contributed by atoms with E-state index >= 15 is 0 Å². The molecular weight excluding hydrogens is 164 g/mol. The van der Waals surface area contributed by atoms with Gasteiger partial charge < -0.3 is 0 Å². The Morgan fingerprint density at radius 2 is 1.42 bits per heavy atom. The van der Waals surface area contributed by atoms with Crippen LogP contribution in [0.15, 0.2) is 24.3 Å². The molecule has 12 heavy (non-hydrogen) atoms. The molecule has 62 valence electrons. The van der Waals surface area contributed by atoms with Crippen molar-refractivity contribution in [2.75, 3.05) is 0 Å². The zero-order valence-electron chi connectivity index (χ0n) is 5.91. The van der Waals surface area contributed by atoms with Gasteiger partial charge in [0.15, 0.2) is 0 Å². The number of hydrogen-bond donors (Lipinski definition) is 2. The summed E-state index contributed by atoms with van der Waals surface area (Å²) in [6, 6.07) is 4.98. The van der Waals surface area contributed by atoms with E-state index in [1.165, 1.54) is 18.2 Å². The lowest BCUT2D eigenvalue weighted by Gasteiger charge is -1.82. The van der Waals surface area contributed by atoms with Gasteiger partial charge in [-0.15, -0.1) is 0 Å². The fourth-order valence-electron chi connectivity index (χ4n) is 0.731. The Labute approximate surface area is 66.7 Å². The second-order valence-electron chi connectivity index (χ2n) is 2.07. The molecule has 0 heterocycles. The minimum atomic E-state index is -0.396. The summed E-state index contributed by atoms with van der Waals surface area (Å²) in [5, 5.41) is 16.8. The van der Waals surface area contributed by atoms with Gasteiger partial charge in [0.25, 0.3) is 9.85 Å². The summed E-state index contributed by atoms with van der Waals surface area (Å²) < 4.78 is 0. The molecule has 0 aliphatic rings. The van der Waals surface area contributed by atoms with Crippen molar-refractivity contribution in [1.82, 2.24) is 0 Å². The van der Waals surface area contributed by atoms with Gasteiger partial charge >= 0.3 is 11.4 Å². The van der Waals surface area contributed by atoms with Crippen LogP contribution in [0.5, 0.6) is 0 Å². The number of rotatable bonds is 2. The maximum Gasteiger partial charge on any atom is 0.323 e. The van der Waals surface area contributed by atoms with Crippen LogP contribution in [0.4, 0.5) is 11.4 Å². The number of nitrogens with zero attached hydrogens (tertiary/aromatic N) is 2. The van der Waals surface area contributed by atoms with E-state index in [1.807, 2.05) is 0 Å². The van der Waals surface area contributed by atoms with Crippen LogP contribution in [0.2, 0.25) is 0 Å². The summed E-state index contributed by atoms with van der Waals surface area (Å²) in [6.07, 6.45) is 0. The van der Waals surface area contributed by atoms with Crippen molar-refractivity contribution in [1.29, 1.82) is 0 Å². The SMILES string of the molecule is O=[N+](O)c1cccc([N+](=O)O)c1. The van der Waals surface area contributed by atoms with E-state index in [9.17, 15) is 9.81 Å². The van der Waals surface area contributed by atoms with Gasteiger partial charge in [-0.3, -0.25) is 0 Å². The zero-order chi connectivity index (χ0) is 9.14. The second kappa shape index (κ2) is 2.95. The van der Waals surface area contributed by atoms with E-state index in [-0.39, 0.29) is 11.4 Å². The molecule has 0 spiro atoms. The predicted octanol–water partition coefficient (Wildman–Crippen LogP) is 1.29. The summed E-state index contributed by atoms with van der Waals surface area (Å²) in [5.41, 5.74) is -0.246. The first-order valence-corrected chi connectivity index (χ1v) is 3.03. The molecule has 6 heteroatoms. The molecule has 2 N–H and O–H groups in total. The molecule has 0 fully saturated rings. The number of benzene rings is 1. The van der Waals surface area contributed by atoms with Gasteiger partial charge in [-0.2, -0.15) is 0 Å². The van der Waals surface area contributed by atoms with Crippen LogP contribution in [0.3, 0.4) is 0 Å². The van der Waals surface area contributed by atoms with Gasteiger partial charge in [0.2, 0.25) is 0 Å². The van der Waals surface area contributed by atoms with Gasteiger partial charge in [0.05, 0.1) is 9.81 Å². The highest BCUT2D eigenvalue weighted by Gasteiger charge is 2.19. The average Bonchev–Trinajstić information content (AvgIpc) is 2.04. The Hall–Kier alpha value is -1.98. The normalized spacial score (nSPS) is 9.33. The Bertz CT molecular complexity index is 307. The zero-order valence-corrected chi connectivity index (χ0v) is 5.91. The van der Waals surface area contributed by atoms with Crippen molar-refractivity contribution in [3.8, 4) is 0 Å². The minimum absolute atomic E-state index is 0.123. The third-order valence-corrected chi connectivity index (χ3v) is 1.27. The smallest absolute Gasteiger partial charge is 0.241 e. The van der Waals surface area contributed by atoms with Crippen molar-refractivity contribution in [3.63, 3.8) is 0 Å². The monoisotopic (exact) mass is 170 g/mol. The number of hydrogen-bond acceptors (Lipinski definition) is 2. The van der Waals surface area contributed by atoms with Crippen LogP contribution >= 0.6 is 0 Å². The predicted molar refractivity (Wildman–Crippen MR) is 36.6 cm³/mol. The molecule has 0 radical (unpaired) electrons. The fourth-order valence-corrected chi connectivity index (χ4v) is 0.731. The first-order chi connectivity index (χ1) is 5.61. The first-order valence-electron chi connectivity index (χ1n) is 3.03. The lowest BCUT2D eigenvalue weighted by Crippen LogP contribution is -1.95. The van der Waals surface area contributed by atoms with Gasteiger partial charge in [0, 0.05) is 12.1 Å². The molecule has 1 rings (SSSR count). The topological polar surface area (TPSA) is 80.6 Å². The molecule has 6 nitrogen and oxygen atoms in total. The molecule has 0 aromatic heterocycles. The molecule has 1 aromatic rings. The third kappa shape index (κ3) is 1.54. The Morgan fingerprint density at radius 1 is 1.00 bits per heavy atom. The maximum atomic E-state index is 10.3. The van der Waals surface area contributed by atoms with Crippen molar-refractivity contribution < 1.29 is 20.3 Å². The Kier molecular flexibility index (Phi) is 2.00. The van der Waals surface area contributed by atoms with Crippen molar-refractivity contribution >= 4 is 11.4 Å². The van der Waals surface area contributed by atoms with E-state index < -0.39 is 9.85 Å². The summed E-state index contributed by atoms with van der Waals surface area (Å²) in [5.74, 6) is 0. The first kappa shape index (κ1) is 8.12. The highest BCUT2D eigenvalue weighted by atomic mass is 16.6. The largest absolute Gasteiger partial charge is 0.323 e. The quantitative estimate of drug-likeness (QED) is 0.655. The highest BCUT2D eigenvalue weighted by molar-refractivity contribution is 5.41. The van der Waals surface area contributed by atoms with Crippen LogP contribution < -0.4 is 0 Å². The third-order valence-electron chi connectivity index (χ3n) is 1.27. The molecule has 0 saturated carbocycles. The second-order valence-corrected chi connectivity index (χ2v) is 2.07. The molecule has 0 bridgehead atoms. The molecule has 0 aliphatic heterocycles. The van der Waals surface area contributed by atoms with Crippen LogP contribution in [0.1, 0.15) is 0 Å². The minimum Gasteiger partial charge on any atom is -0.241 e. The van der Waals surface area contributed by atoms with Crippen molar-refractivity contribution in [2.24, 2.45) is 0 Å². The standard InChI is InChI=1S/C6H6N2O4/c9-7(10)5-2-1-3-6(4-5)8(11)12/h1-4H,(H,9,10)(H,11,12)/q+2. The van der Waals surface area contributed by atoms with Crippen molar-refractivity contribution in [2.45, 2.75) is 0 Å². The highest BCUT2D eigenvalue weighted by Crippen LogP contribution is 2.17. The van der Waals surface area contributed by atoms with Crippen LogP contribution in [-0.4, -0.2) is 20.3 Å². The average molecular weight is 170 g/mol. The van der Waals surface area contributed by atoms with Crippen LogP contribution in [0, 0.1) is 9.81 Å². The van der Waals surface area contributed by atoms with Gasteiger partial charge in [-0.1, -0.05) is 0 Å². The van der Waals surface area contributed by atoms with Crippen LogP contribution in [0.25, 0.3) is 0 Å². The summed E-state index contributed by atoms with van der Waals surface area (Å²) in [6.45, 7) is 0. The van der Waals surface area contributed by atoms with Gasteiger partial charge in [0.1, 0.15) is 6.07 Å². The van der Waals surface area contributed by atoms with Gasteiger partial charge in [-0.05, 0) is 6.07 Å². The van der Waals surface area contributed by atoms with E-state index in [4.69, 9.17) is 10.4 Å². The molecule has 0 amide bonds. The molecule has 0 unspecified atom stereocenters. The van der Waals surface area contributed by atoms with E-state index in [1.54, 1.807) is 0 Å². The molecule has 0 aliphatic carbocycles. The van der Waals surface area contributed by atoms with E-state index in [2.05, 4.69) is 0 Å². The maximum absolute atomic E-state index is 10.3. The lowest BCUT2D eigenvalue weighted by atomic mass is 10.3.